The maximum absolute atomic E-state index is 13.0. The zero-order valence-corrected chi connectivity index (χ0v) is 15.8. The minimum Gasteiger partial charge on any atom is -0.444 e. The van der Waals surface area contributed by atoms with Crippen LogP contribution in [0.5, 0.6) is 0 Å². The average molecular weight is 387 g/mol. The van der Waals surface area contributed by atoms with Gasteiger partial charge in [-0.25, -0.2) is 9.78 Å². The number of halogens is 3. The van der Waals surface area contributed by atoms with Gasteiger partial charge in [0.2, 0.25) is 0 Å². The number of carbonyl (C=O) groups is 1. The van der Waals surface area contributed by atoms with Crippen molar-refractivity contribution in [1.82, 2.24) is 9.88 Å². The zero-order valence-electron chi connectivity index (χ0n) is 15.8. The molecule has 0 saturated carbocycles. The van der Waals surface area contributed by atoms with Crippen LogP contribution in [0.4, 0.5) is 23.8 Å². The predicted molar refractivity (Wildman–Crippen MR) is 92.4 cm³/mol. The Hall–Kier alpha value is -2.03. The number of fused-ring (bicyclic) bond motifs is 3. The van der Waals surface area contributed by atoms with E-state index in [2.05, 4.69) is 4.98 Å². The van der Waals surface area contributed by atoms with Crippen molar-refractivity contribution < 1.29 is 27.4 Å². The Morgan fingerprint density at radius 3 is 2.63 bits per heavy atom. The number of anilines is 1. The van der Waals surface area contributed by atoms with Gasteiger partial charge in [0.05, 0.1) is 24.8 Å². The topological polar surface area (TPSA) is 54.9 Å². The number of hydrogen-bond acceptors (Lipinski definition) is 5. The molecule has 27 heavy (non-hydrogen) atoms. The van der Waals surface area contributed by atoms with Gasteiger partial charge in [-0.15, -0.1) is 0 Å². The van der Waals surface area contributed by atoms with Gasteiger partial charge in [-0.3, -0.25) is 0 Å². The van der Waals surface area contributed by atoms with Crippen molar-refractivity contribution in [1.29, 1.82) is 0 Å². The lowest BCUT2D eigenvalue weighted by atomic mass is 10.1. The number of rotatable bonds is 0. The smallest absolute Gasteiger partial charge is 0.417 e. The fourth-order valence-electron chi connectivity index (χ4n) is 3.34. The number of alkyl halides is 3. The summed E-state index contributed by atoms with van der Waals surface area (Å²) in [5.74, 6) is 0.487. The molecule has 3 rings (SSSR count). The molecular formula is C18H24F3N3O3. The minimum atomic E-state index is -4.45. The number of carbonyl (C=O) groups excluding carboxylic acids is 1. The van der Waals surface area contributed by atoms with Crippen LogP contribution in [0.15, 0.2) is 12.3 Å². The van der Waals surface area contributed by atoms with E-state index < -0.39 is 23.4 Å². The quantitative estimate of drug-likeness (QED) is 0.683. The van der Waals surface area contributed by atoms with Gasteiger partial charge in [0, 0.05) is 30.9 Å². The van der Waals surface area contributed by atoms with E-state index >= 15 is 0 Å². The van der Waals surface area contributed by atoms with Gasteiger partial charge in [-0.2, -0.15) is 13.2 Å². The predicted octanol–water partition coefficient (Wildman–Crippen LogP) is 3.44. The first-order valence-electron chi connectivity index (χ1n) is 8.86. The lowest BCUT2D eigenvalue weighted by molar-refractivity contribution is -0.137. The van der Waals surface area contributed by atoms with E-state index in [0.29, 0.717) is 31.1 Å². The summed E-state index contributed by atoms with van der Waals surface area (Å²) in [5.41, 5.74) is -0.982. The van der Waals surface area contributed by atoms with Crippen LogP contribution in [0.25, 0.3) is 0 Å². The second-order valence-corrected chi connectivity index (χ2v) is 8.01. The van der Waals surface area contributed by atoms with E-state index in [-0.39, 0.29) is 18.7 Å². The lowest BCUT2D eigenvalue weighted by Crippen LogP contribution is -2.61. The van der Waals surface area contributed by atoms with Gasteiger partial charge in [0.15, 0.2) is 0 Å². The van der Waals surface area contributed by atoms with Gasteiger partial charge in [-0.1, -0.05) is 0 Å². The Morgan fingerprint density at radius 2 is 2.00 bits per heavy atom. The van der Waals surface area contributed by atoms with Crippen LogP contribution >= 0.6 is 0 Å². The second kappa shape index (κ2) is 6.85. The van der Waals surface area contributed by atoms with Crippen LogP contribution in [0, 0.1) is 0 Å². The molecule has 2 atom stereocenters. The van der Waals surface area contributed by atoms with Crippen LogP contribution in [0.3, 0.4) is 0 Å². The molecule has 0 aromatic carbocycles. The number of nitrogens with zero attached hydrogens (tertiary/aromatic N) is 3. The highest BCUT2D eigenvalue weighted by Gasteiger charge is 2.40. The fraction of sp³-hybridized carbons (Fsp3) is 0.667. The third-order valence-corrected chi connectivity index (χ3v) is 4.58. The van der Waals surface area contributed by atoms with Crippen molar-refractivity contribution in [3.05, 3.63) is 23.4 Å². The van der Waals surface area contributed by atoms with Crippen LogP contribution in [0.2, 0.25) is 0 Å². The first-order chi connectivity index (χ1) is 12.5. The van der Waals surface area contributed by atoms with Crippen LogP contribution < -0.4 is 4.90 Å². The first-order valence-corrected chi connectivity index (χ1v) is 8.86. The van der Waals surface area contributed by atoms with Gasteiger partial charge < -0.3 is 19.3 Å². The molecule has 0 aliphatic carbocycles. The molecule has 0 unspecified atom stereocenters. The molecule has 2 aliphatic heterocycles. The zero-order chi connectivity index (χ0) is 20.0. The van der Waals surface area contributed by atoms with Crippen molar-refractivity contribution in [3.8, 4) is 0 Å². The first kappa shape index (κ1) is 19.7. The molecule has 1 fully saturated rings. The largest absolute Gasteiger partial charge is 0.444 e. The molecule has 9 heteroatoms. The summed E-state index contributed by atoms with van der Waals surface area (Å²) in [4.78, 5) is 20.2. The van der Waals surface area contributed by atoms with Crippen LogP contribution in [0.1, 0.15) is 38.8 Å². The highest BCUT2D eigenvalue weighted by molar-refractivity contribution is 5.69. The van der Waals surface area contributed by atoms with E-state index in [4.69, 9.17) is 9.47 Å². The number of aromatic nitrogens is 1. The number of ether oxygens (including phenoxy) is 2. The maximum atomic E-state index is 13.0. The van der Waals surface area contributed by atoms with E-state index in [1.807, 2.05) is 11.8 Å². The summed E-state index contributed by atoms with van der Waals surface area (Å²) in [6.07, 6.45) is -4.00. The van der Waals surface area contributed by atoms with Crippen molar-refractivity contribution in [2.24, 2.45) is 0 Å². The standard InChI is InChI=1S/C18H24F3N3O3/c1-11-7-24-14(8-23(11)16(25)27-17(2,3)4)10-26-9-12-5-13(18(19,20)21)6-22-15(12)24/h5-6,11,14H,7-10H2,1-4H3/t11-,14+/m0/s1. The summed E-state index contributed by atoms with van der Waals surface area (Å²) < 4.78 is 50.0. The number of hydrogen-bond donors (Lipinski definition) is 0. The summed E-state index contributed by atoms with van der Waals surface area (Å²) >= 11 is 0. The lowest BCUT2D eigenvalue weighted by Gasteiger charge is -2.45. The SMILES string of the molecule is C[C@H]1CN2c3ncc(C(F)(F)F)cc3COC[C@H]2CN1C(=O)OC(C)(C)C. The van der Waals surface area contributed by atoms with Crippen molar-refractivity contribution in [2.45, 2.75) is 58.2 Å². The molecule has 0 radical (unpaired) electrons. The van der Waals surface area contributed by atoms with Crippen LogP contribution in [-0.2, 0) is 22.3 Å². The van der Waals surface area contributed by atoms with E-state index in [9.17, 15) is 18.0 Å². The third-order valence-electron chi connectivity index (χ3n) is 4.58. The highest BCUT2D eigenvalue weighted by atomic mass is 19.4. The average Bonchev–Trinajstić information content (AvgIpc) is 2.70. The summed E-state index contributed by atoms with van der Waals surface area (Å²) in [6, 6.07) is 0.723. The molecule has 0 bridgehead atoms. The Morgan fingerprint density at radius 1 is 1.30 bits per heavy atom. The second-order valence-electron chi connectivity index (χ2n) is 8.01. The number of piperazine rings is 1. The number of pyridine rings is 1. The van der Waals surface area contributed by atoms with Gasteiger partial charge in [0.1, 0.15) is 11.4 Å². The molecule has 150 valence electrons. The Kier molecular flexibility index (Phi) is 5.00. The third kappa shape index (κ3) is 4.28. The Bertz CT molecular complexity index is 718. The molecular weight excluding hydrogens is 363 g/mol. The van der Waals surface area contributed by atoms with Crippen LogP contribution in [-0.4, -0.2) is 53.4 Å². The van der Waals surface area contributed by atoms with E-state index in [1.165, 1.54) is 0 Å². The maximum Gasteiger partial charge on any atom is 0.417 e. The summed E-state index contributed by atoms with van der Waals surface area (Å²) in [5, 5.41) is 0. The molecule has 1 saturated heterocycles. The molecule has 6 nitrogen and oxygen atoms in total. The van der Waals surface area contributed by atoms with E-state index in [1.54, 1.807) is 25.7 Å². The van der Waals surface area contributed by atoms with Gasteiger partial charge >= 0.3 is 12.3 Å². The van der Waals surface area contributed by atoms with Gasteiger partial charge in [0.25, 0.3) is 0 Å². The number of amides is 1. The van der Waals surface area contributed by atoms with E-state index in [0.717, 1.165) is 12.3 Å². The molecule has 1 amide bonds. The minimum absolute atomic E-state index is 0.0556. The Labute approximate surface area is 156 Å². The Balaban J connectivity index is 1.84. The molecule has 2 aliphatic rings. The molecule has 1 aromatic rings. The van der Waals surface area contributed by atoms with Gasteiger partial charge in [-0.05, 0) is 33.8 Å². The summed E-state index contributed by atoms with van der Waals surface area (Å²) in [7, 11) is 0. The summed E-state index contributed by atoms with van der Waals surface area (Å²) in [6.45, 7) is 8.45. The molecule has 0 spiro atoms. The molecule has 3 heterocycles. The molecule has 0 N–H and O–H groups in total. The normalized spacial score (nSPS) is 23.4. The van der Waals surface area contributed by atoms with Crippen molar-refractivity contribution in [3.63, 3.8) is 0 Å². The molecule has 1 aromatic heterocycles. The van der Waals surface area contributed by atoms with Crippen molar-refractivity contribution in [2.75, 3.05) is 24.6 Å². The highest BCUT2D eigenvalue weighted by Crippen LogP contribution is 2.34. The monoisotopic (exact) mass is 387 g/mol. The fourth-order valence-corrected chi connectivity index (χ4v) is 3.34. The van der Waals surface area contributed by atoms with Crippen molar-refractivity contribution >= 4 is 11.9 Å².